The molecule has 0 spiro atoms. The predicted octanol–water partition coefficient (Wildman–Crippen LogP) is 2.78. The van der Waals surface area contributed by atoms with Crippen molar-refractivity contribution in [3.05, 3.63) is 72.6 Å². The number of piperazine rings is 1. The maximum absolute atomic E-state index is 13.2. The number of aromatic nitrogens is 1. The Morgan fingerprint density at radius 1 is 0.889 bits per heavy atom. The van der Waals surface area contributed by atoms with Crippen molar-refractivity contribution in [1.29, 1.82) is 0 Å². The Balaban J connectivity index is 1.44. The van der Waals surface area contributed by atoms with Crippen LogP contribution in [-0.4, -0.2) is 55.3 Å². The summed E-state index contributed by atoms with van der Waals surface area (Å²) in [6.45, 7) is 3.53. The number of benzene rings is 2. The van der Waals surface area contributed by atoms with E-state index in [1.165, 1.54) is 5.56 Å². The number of hydrogen-bond donors (Lipinski definition) is 0. The first-order valence-corrected chi connectivity index (χ1v) is 10.7. The molecule has 1 aromatic heterocycles. The molecule has 0 unspecified atom stereocenters. The van der Waals surface area contributed by atoms with Crippen molar-refractivity contribution in [2.45, 2.75) is 11.3 Å². The summed E-state index contributed by atoms with van der Waals surface area (Å²) >= 11 is 0. The van der Waals surface area contributed by atoms with Crippen LogP contribution in [0.5, 0.6) is 0 Å². The quantitative estimate of drug-likeness (QED) is 0.682. The van der Waals surface area contributed by atoms with Gasteiger partial charge in [-0.25, -0.2) is 8.42 Å². The SMILES string of the molecule is O=S(=O)(c1cccc2cnccc12)N1CCN(CCc2ccccc2)CC1. The van der Waals surface area contributed by atoms with Crippen molar-refractivity contribution in [2.75, 3.05) is 32.7 Å². The second kappa shape index (κ2) is 7.76. The van der Waals surface area contributed by atoms with Gasteiger partial charge in [0.05, 0.1) is 4.90 Å². The van der Waals surface area contributed by atoms with E-state index in [0.717, 1.165) is 36.8 Å². The summed E-state index contributed by atoms with van der Waals surface area (Å²) in [6, 6.07) is 17.6. The third-order valence-corrected chi connectivity index (χ3v) is 7.11. The van der Waals surface area contributed by atoms with Crippen LogP contribution in [0.3, 0.4) is 0 Å². The van der Waals surface area contributed by atoms with E-state index in [2.05, 4.69) is 34.1 Å². The molecule has 0 bridgehead atoms. The lowest BCUT2D eigenvalue weighted by atomic mass is 10.1. The van der Waals surface area contributed by atoms with Gasteiger partial charge in [0, 0.05) is 55.9 Å². The molecule has 1 fully saturated rings. The normalized spacial score (nSPS) is 16.6. The molecule has 1 saturated heterocycles. The van der Waals surface area contributed by atoms with Crippen LogP contribution in [0.15, 0.2) is 71.9 Å². The lowest BCUT2D eigenvalue weighted by Crippen LogP contribution is -2.49. The Labute approximate surface area is 160 Å². The molecule has 0 amide bonds. The number of fused-ring (bicyclic) bond motifs is 1. The van der Waals surface area contributed by atoms with Gasteiger partial charge in [0.25, 0.3) is 0 Å². The van der Waals surface area contributed by atoms with Gasteiger partial charge in [-0.05, 0) is 24.1 Å². The second-order valence-corrected chi connectivity index (χ2v) is 8.74. The monoisotopic (exact) mass is 381 g/mol. The molecule has 140 valence electrons. The van der Waals surface area contributed by atoms with Crippen LogP contribution in [0.2, 0.25) is 0 Å². The summed E-state index contributed by atoms with van der Waals surface area (Å²) in [7, 11) is -3.50. The molecule has 0 saturated carbocycles. The maximum atomic E-state index is 13.2. The second-order valence-electron chi connectivity index (χ2n) is 6.83. The Morgan fingerprint density at radius 3 is 2.44 bits per heavy atom. The highest BCUT2D eigenvalue weighted by Gasteiger charge is 2.29. The van der Waals surface area contributed by atoms with Crippen molar-refractivity contribution in [3.63, 3.8) is 0 Å². The van der Waals surface area contributed by atoms with E-state index in [1.807, 2.05) is 12.1 Å². The number of pyridine rings is 1. The van der Waals surface area contributed by atoms with Gasteiger partial charge in [0.15, 0.2) is 0 Å². The minimum Gasteiger partial charge on any atom is -0.300 e. The molecule has 1 aliphatic rings. The van der Waals surface area contributed by atoms with Gasteiger partial charge in [-0.3, -0.25) is 4.98 Å². The minimum absolute atomic E-state index is 0.375. The molecule has 2 aromatic carbocycles. The zero-order chi connectivity index (χ0) is 18.7. The molecular weight excluding hydrogens is 358 g/mol. The molecule has 0 N–H and O–H groups in total. The third-order valence-electron chi connectivity index (χ3n) is 5.15. The van der Waals surface area contributed by atoms with E-state index < -0.39 is 10.0 Å². The van der Waals surface area contributed by atoms with E-state index in [1.54, 1.807) is 34.9 Å². The van der Waals surface area contributed by atoms with Gasteiger partial charge in [-0.15, -0.1) is 0 Å². The van der Waals surface area contributed by atoms with Gasteiger partial charge in [0.1, 0.15) is 0 Å². The Bertz CT molecular complexity index is 1010. The van der Waals surface area contributed by atoms with Crippen LogP contribution in [0.25, 0.3) is 10.8 Å². The van der Waals surface area contributed by atoms with Crippen molar-refractivity contribution in [2.24, 2.45) is 0 Å². The summed E-state index contributed by atoms with van der Waals surface area (Å²) in [4.78, 5) is 6.80. The predicted molar refractivity (Wildman–Crippen MR) is 107 cm³/mol. The van der Waals surface area contributed by atoms with Crippen LogP contribution in [-0.2, 0) is 16.4 Å². The van der Waals surface area contributed by atoms with Crippen molar-refractivity contribution in [3.8, 4) is 0 Å². The molecular formula is C21H23N3O2S. The summed E-state index contributed by atoms with van der Waals surface area (Å²) < 4.78 is 28.0. The van der Waals surface area contributed by atoms with Crippen LogP contribution in [0.1, 0.15) is 5.56 Å². The van der Waals surface area contributed by atoms with Crippen LogP contribution < -0.4 is 0 Å². The van der Waals surface area contributed by atoms with E-state index >= 15 is 0 Å². The fourth-order valence-corrected chi connectivity index (χ4v) is 5.22. The average molecular weight is 382 g/mol. The maximum Gasteiger partial charge on any atom is 0.243 e. The lowest BCUT2D eigenvalue weighted by molar-refractivity contribution is 0.190. The molecule has 2 heterocycles. The Hall–Kier alpha value is -2.28. The zero-order valence-electron chi connectivity index (χ0n) is 15.2. The fraction of sp³-hybridized carbons (Fsp3) is 0.286. The molecule has 3 aromatic rings. The summed E-state index contributed by atoms with van der Waals surface area (Å²) in [5, 5.41) is 1.58. The summed E-state index contributed by atoms with van der Waals surface area (Å²) in [5.74, 6) is 0. The first-order chi connectivity index (χ1) is 13.1. The van der Waals surface area contributed by atoms with E-state index in [4.69, 9.17) is 0 Å². The molecule has 0 atom stereocenters. The van der Waals surface area contributed by atoms with Crippen molar-refractivity contribution < 1.29 is 8.42 Å². The van der Waals surface area contributed by atoms with E-state index in [0.29, 0.717) is 18.0 Å². The van der Waals surface area contributed by atoms with Crippen molar-refractivity contribution >= 4 is 20.8 Å². The largest absolute Gasteiger partial charge is 0.300 e. The standard InChI is InChI=1S/C21H23N3O2S/c25-27(26,21-8-4-7-19-17-22-11-9-20(19)21)24-15-13-23(14-16-24)12-10-18-5-2-1-3-6-18/h1-9,11,17H,10,12-16H2. The Kier molecular flexibility index (Phi) is 5.20. The molecule has 6 heteroatoms. The summed E-state index contributed by atoms with van der Waals surface area (Å²) in [6.07, 6.45) is 4.34. The molecule has 27 heavy (non-hydrogen) atoms. The smallest absolute Gasteiger partial charge is 0.243 e. The molecule has 4 rings (SSSR count). The van der Waals surface area contributed by atoms with Crippen LogP contribution >= 0.6 is 0 Å². The highest BCUT2D eigenvalue weighted by molar-refractivity contribution is 7.89. The number of nitrogens with zero attached hydrogens (tertiary/aromatic N) is 3. The van der Waals surface area contributed by atoms with Gasteiger partial charge in [-0.1, -0.05) is 42.5 Å². The van der Waals surface area contributed by atoms with Gasteiger partial charge >= 0.3 is 0 Å². The molecule has 1 aliphatic heterocycles. The lowest BCUT2D eigenvalue weighted by Gasteiger charge is -2.34. The van der Waals surface area contributed by atoms with Crippen LogP contribution in [0, 0.1) is 0 Å². The van der Waals surface area contributed by atoms with Gasteiger partial charge < -0.3 is 4.90 Å². The van der Waals surface area contributed by atoms with E-state index in [-0.39, 0.29) is 0 Å². The number of rotatable bonds is 5. The molecule has 0 aliphatic carbocycles. The number of sulfonamides is 1. The third kappa shape index (κ3) is 3.88. The highest BCUT2D eigenvalue weighted by atomic mass is 32.2. The molecule has 5 nitrogen and oxygen atoms in total. The highest BCUT2D eigenvalue weighted by Crippen LogP contribution is 2.25. The van der Waals surface area contributed by atoms with Crippen molar-refractivity contribution in [1.82, 2.24) is 14.2 Å². The minimum atomic E-state index is -3.50. The van der Waals surface area contributed by atoms with E-state index in [9.17, 15) is 8.42 Å². The molecule has 0 radical (unpaired) electrons. The average Bonchev–Trinajstić information content (AvgIpc) is 2.73. The Morgan fingerprint density at radius 2 is 1.67 bits per heavy atom. The van der Waals surface area contributed by atoms with Gasteiger partial charge in [0.2, 0.25) is 10.0 Å². The topological polar surface area (TPSA) is 53.5 Å². The van der Waals surface area contributed by atoms with Gasteiger partial charge in [-0.2, -0.15) is 4.31 Å². The number of hydrogen-bond acceptors (Lipinski definition) is 4. The first-order valence-electron chi connectivity index (χ1n) is 9.24. The summed E-state index contributed by atoms with van der Waals surface area (Å²) in [5.41, 5.74) is 1.32. The first kappa shape index (κ1) is 18.1. The zero-order valence-corrected chi connectivity index (χ0v) is 16.0. The fourth-order valence-electron chi connectivity index (χ4n) is 3.58. The van der Waals surface area contributed by atoms with Crippen LogP contribution in [0.4, 0.5) is 0 Å².